The predicted octanol–water partition coefficient (Wildman–Crippen LogP) is 4.02. The maximum atomic E-state index is 12.0. The predicted molar refractivity (Wildman–Crippen MR) is 88.0 cm³/mol. The Balaban J connectivity index is 1.66. The van der Waals surface area contributed by atoms with Crippen molar-refractivity contribution in [3.05, 3.63) is 46.4 Å². The van der Waals surface area contributed by atoms with Gasteiger partial charge in [0.2, 0.25) is 0 Å². The van der Waals surface area contributed by atoms with E-state index in [4.69, 9.17) is 27.9 Å². The van der Waals surface area contributed by atoms with Crippen molar-refractivity contribution in [1.29, 1.82) is 0 Å². The molecule has 0 atom stereocenters. The monoisotopic (exact) mass is 353 g/mol. The highest BCUT2D eigenvalue weighted by molar-refractivity contribution is 7.00. The molecule has 22 heavy (non-hydrogen) atoms. The van der Waals surface area contributed by atoms with Gasteiger partial charge in [-0.15, -0.1) is 0 Å². The van der Waals surface area contributed by atoms with E-state index in [1.54, 1.807) is 30.3 Å². The fraction of sp³-hybridized carbons (Fsp3) is 0.0714. The molecule has 5 nitrogen and oxygen atoms in total. The second-order valence-corrected chi connectivity index (χ2v) is 5.78. The first kappa shape index (κ1) is 15.0. The van der Waals surface area contributed by atoms with Gasteiger partial charge in [0.05, 0.1) is 17.4 Å². The number of amides is 1. The van der Waals surface area contributed by atoms with Gasteiger partial charge in [-0.05, 0) is 30.3 Å². The molecule has 0 bridgehead atoms. The molecule has 0 fully saturated rings. The number of anilines is 1. The van der Waals surface area contributed by atoms with Crippen LogP contribution in [0.25, 0.3) is 11.0 Å². The van der Waals surface area contributed by atoms with Gasteiger partial charge in [-0.2, -0.15) is 8.75 Å². The van der Waals surface area contributed by atoms with Gasteiger partial charge in [0, 0.05) is 10.0 Å². The summed E-state index contributed by atoms with van der Waals surface area (Å²) in [6.07, 6.45) is 0. The zero-order valence-electron chi connectivity index (χ0n) is 11.0. The van der Waals surface area contributed by atoms with Crippen molar-refractivity contribution in [2.45, 2.75) is 0 Å². The zero-order valence-corrected chi connectivity index (χ0v) is 13.4. The van der Waals surface area contributed by atoms with Crippen LogP contribution in [-0.4, -0.2) is 21.3 Å². The Morgan fingerprint density at radius 2 is 1.95 bits per heavy atom. The van der Waals surface area contributed by atoms with Gasteiger partial charge < -0.3 is 10.1 Å². The van der Waals surface area contributed by atoms with E-state index in [0.29, 0.717) is 27.0 Å². The molecule has 0 spiro atoms. The van der Waals surface area contributed by atoms with Crippen LogP contribution in [0.5, 0.6) is 5.75 Å². The average molecular weight is 354 g/mol. The Morgan fingerprint density at radius 1 is 1.18 bits per heavy atom. The van der Waals surface area contributed by atoms with E-state index >= 15 is 0 Å². The number of fused-ring (bicyclic) bond motifs is 1. The number of rotatable bonds is 4. The van der Waals surface area contributed by atoms with Crippen LogP contribution in [0.1, 0.15) is 0 Å². The largest absolute Gasteiger partial charge is 0.484 e. The van der Waals surface area contributed by atoms with Crippen LogP contribution >= 0.6 is 34.9 Å². The first-order valence-corrected chi connectivity index (χ1v) is 7.70. The topological polar surface area (TPSA) is 64.1 Å². The molecule has 0 aliphatic carbocycles. The lowest BCUT2D eigenvalue weighted by molar-refractivity contribution is -0.118. The van der Waals surface area contributed by atoms with Crippen LogP contribution in [-0.2, 0) is 4.79 Å². The molecule has 0 saturated heterocycles. The molecule has 3 rings (SSSR count). The number of hydrogen-bond acceptors (Lipinski definition) is 5. The maximum absolute atomic E-state index is 12.0. The van der Waals surface area contributed by atoms with Crippen molar-refractivity contribution >= 4 is 57.6 Å². The van der Waals surface area contributed by atoms with E-state index in [-0.39, 0.29) is 12.5 Å². The summed E-state index contributed by atoms with van der Waals surface area (Å²) in [5, 5.41) is 3.64. The summed E-state index contributed by atoms with van der Waals surface area (Å²) in [5.74, 6) is 0.123. The minimum atomic E-state index is -0.309. The summed E-state index contributed by atoms with van der Waals surface area (Å²) in [6, 6.07) is 10.2. The second-order valence-electron chi connectivity index (χ2n) is 4.38. The standard InChI is InChI=1S/C14H9Cl2N3O2S/c15-8-4-9(16)6-10(5-8)21-7-13(20)17-11-2-1-3-12-14(11)19-22-18-12/h1-6H,7H2,(H,17,20). The molecule has 0 saturated carbocycles. The van der Waals surface area contributed by atoms with Gasteiger partial charge in [0.25, 0.3) is 5.91 Å². The van der Waals surface area contributed by atoms with Gasteiger partial charge in [0.15, 0.2) is 6.61 Å². The second kappa shape index (κ2) is 6.48. The van der Waals surface area contributed by atoms with Crippen LogP contribution in [0.3, 0.4) is 0 Å². The summed E-state index contributed by atoms with van der Waals surface area (Å²) in [4.78, 5) is 12.0. The third kappa shape index (κ3) is 3.47. The van der Waals surface area contributed by atoms with Crippen LogP contribution in [0.4, 0.5) is 5.69 Å². The van der Waals surface area contributed by atoms with Crippen molar-refractivity contribution in [3.63, 3.8) is 0 Å². The fourth-order valence-corrected chi connectivity index (χ4v) is 2.91. The van der Waals surface area contributed by atoms with Crippen molar-refractivity contribution in [3.8, 4) is 5.75 Å². The number of hydrogen-bond donors (Lipinski definition) is 1. The summed E-state index contributed by atoms with van der Waals surface area (Å²) in [7, 11) is 0. The Labute approximate surface area is 140 Å². The third-order valence-electron chi connectivity index (χ3n) is 2.77. The first-order chi connectivity index (χ1) is 10.6. The number of aromatic nitrogens is 2. The van der Waals surface area contributed by atoms with Crippen molar-refractivity contribution in [1.82, 2.24) is 8.75 Å². The number of benzene rings is 2. The number of nitrogens with zero attached hydrogens (tertiary/aromatic N) is 2. The Bertz CT molecular complexity index is 818. The van der Waals surface area contributed by atoms with Crippen LogP contribution in [0, 0.1) is 0 Å². The molecule has 112 valence electrons. The van der Waals surface area contributed by atoms with Crippen LogP contribution in [0.15, 0.2) is 36.4 Å². The van der Waals surface area contributed by atoms with Crippen LogP contribution in [0.2, 0.25) is 10.0 Å². The van der Waals surface area contributed by atoms with E-state index in [1.807, 2.05) is 6.07 Å². The number of nitrogens with one attached hydrogen (secondary N) is 1. The van der Waals surface area contributed by atoms with Crippen molar-refractivity contribution < 1.29 is 9.53 Å². The molecule has 0 aliphatic heterocycles. The highest BCUT2D eigenvalue weighted by atomic mass is 35.5. The smallest absolute Gasteiger partial charge is 0.262 e. The Kier molecular flexibility index (Phi) is 4.42. The lowest BCUT2D eigenvalue weighted by atomic mass is 10.2. The van der Waals surface area contributed by atoms with Gasteiger partial charge in [-0.1, -0.05) is 29.3 Å². The molecule has 0 radical (unpaired) electrons. The lowest BCUT2D eigenvalue weighted by Crippen LogP contribution is -2.20. The highest BCUT2D eigenvalue weighted by Crippen LogP contribution is 2.24. The van der Waals surface area contributed by atoms with E-state index in [1.165, 1.54) is 0 Å². The SMILES string of the molecule is O=C(COc1cc(Cl)cc(Cl)c1)Nc1cccc2nsnc12. The van der Waals surface area contributed by atoms with Gasteiger partial charge in [0.1, 0.15) is 16.8 Å². The number of carbonyl (C=O) groups is 1. The number of halogens is 2. The zero-order chi connectivity index (χ0) is 15.5. The molecular formula is C14H9Cl2N3O2S. The van der Waals surface area contributed by atoms with Gasteiger partial charge in [-0.3, -0.25) is 4.79 Å². The Hall–Kier alpha value is -1.89. The molecular weight excluding hydrogens is 345 g/mol. The fourth-order valence-electron chi connectivity index (χ4n) is 1.85. The van der Waals surface area contributed by atoms with E-state index in [9.17, 15) is 4.79 Å². The molecule has 3 aromatic rings. The third-order valence-corrected chi connectivity index (χ3v) is 3.75. The lowest BCUT2D eigenvalue weighted by Gasteiger charge is -2.08. The molecule has 0 aliphatic rings. The highest BCUT2D eigenvalue weighted by Gasteiger charge is 2.09. The normalized spacial score (nSPS) is 10.6. The maximum Gasteiger partial charge on any atom is 0.262 e. The molecule has 0 unspecified atom stereocenters. The van der Waals surface area contributed by atoms with Gasteiger partial charge >= 0.3 is 0 Å². The van der Waals surface area contributed by atoms with Gasteiger partial charge in [-0.25, -0.2) is 0 Å². The summed E-state index contributed by atoms with van der Waals surface area (Å²) >= 11 is 12.8. The molecule has 2 aromatic carbocycles. The minimum Gasteiger partial charge on any atom is -0.484 e. The minimum absolute atomic E-state index is 0.162. The van der Waals surface area contributed by atoms with E-state index in [2.05, 4.69) is 14.1 Å². The number of carbonyl (C=O) groups excluding carboxylic acids is 1. The van der Waals surface area contributed by atoms with Crippen molar-refractivity contribution in [2.75, 3.05) is 11.9 Å². The molecule has 1 N–H and O–H groups in total. The summed E-state index contributed by atoms with van der Waals surface area (Å²) in [5.41, 5.74) is 2.00. The first-order valence-electron chi connectivity index (χ1n) is 6.22. The molecule has 1 amide bonds. The van der Waals surface area contributed by atoms with Crippen molar-refractivity contribution in [2.24, 2.45) is 0 Å². The molecule has 8 heteroatoms. The molecule has 1 aromatic heterocycles. The molecule has 1 heterocycles. The average Bonchev–Trinajstić information content (AvgIpc) is 2.94. The van der Waals surface area contributed by atoms with E-state index < -0.39 is 0 Å². The quantitative estimate of drug-likeness (QED) is 0.769. The summed E-state index contributed by atoms with van der Waals surface area (Å²) < 4.78 is 13.7. The van der Waals surface area contributed by atoms with Crippen LogP contribution < -0.4 is 10.1 Å². The Morgan fingerprint density at radius 3 is 2.73 bits per heavy atom. The number of ether oxygens (including phenoxy) is 1. The van der Waals surface area contributed by atoms with E-state index in [0.717, 1.165) is 17.2 Å². The summed E-state index contributed by atoms with van der Waals surface area (Å²) in [6.45, 7) is -0.162.